The van der Waals surface area contributed by atoms with Gasteiger partial charge in [-0.2, -0.15) is 0 Å². The number of ether oxygens (including phenoxy) is 1. The third-order valence-electron chi connectivity index (χ3n) is 2.85. The van der Waals surface area contributed by atoms with E-state index in [0.29, 0.717) is 12.5 Å². The maximum absolute atomic E-state index is 11.1. The summed E-state index contributed by atoms with van der Waals surface area (Å²) in [4.78, 5) is 15.2. The molecule has 0 aromatic carbocycles. The Morgan fingerprint density at radius 3 is 2.76 bits per heavy atom. The molecule has 0 aromatic rings. The van der Waals surface area contributed by atoms with Crippen molar-refractivity contribution >= 4 is 11.9 Å². The highest BCUT2D eigenvalue weighted by atomic mass is 16.5. The molecule has 1 aliphatic heterocycles. The second-order valence-corrected chi connectivity index (χ2v) is 4.97. The molecule has 0 aliphatic carbocycles. The summed E-state index contributed by atoms with van der Waals surface area (Å²) < 4.78 is 5.44. The van der Waals surface area contributed by atoms with Crippen LogP contribution in [0, 0.1) is 5.41 Å². The summed E-state index contributed by atoms with van der Waals surface area (Å²) in [6.45, 7) is 5.25. The van der Waals surface area contributed by atoms with Crippen LogP contribution >= 0.6 is 0 Å². The molecule has 1 saturated heterocycles. The van der Waals surface area contributed by atoms with E-state index >= 15 is 0 Å². The number of carbonyl (C=O) groups excluding carboxylic acids is 1. The molecule has 1 heterocycles. The van der Waals surface area contributed by atoms with Crippen molar-refractivity contribution in [1.82, 2.24) is 5.32 Å². The van der Waals surface area contributed by atoms with Crippen molar-refractivity contribution in [2.75, 3.05) is 19.7 Å². The second-order valence-electron chi connectivity index (χ2n) is 4.97. The molecule has 1 fully saturated rings. The van der Waals surface area contributed by atoms with Gasteiger partial charge in [-0.15, -0.1) is 0 Å². The summed E-state index contributed by atoms with van der Waals surface area (Å²) >= 11 is 0. The number of hydrogen-bond acceptors (Lipinski definition) is 3. The van der Waals surface area contributed by atoms with Gasteiger partial charge in [0.05, 0.1) is 18.1 Å². The number of guanidine groups is 1. The average Bonchev–Trinajstić information content (AvgIpc) is 2.76. The summed E-state index contributed by atoms with van der Waals surface area (Å²) in [5, 5.41) is 2.99. The van der Waals surface area contributed by atoms with Crippen molar-refractivity contribution in [2.24, 2.45) is 21.9 Å². The molecule has 1 atom stereocenters. The van der Waals surface area contributed by atoms with Crippen LogP contribution in [0.2, 0.25) is 0 Å². The Morgan fingerprint density at radius 1 is 1.53 bits per heavy atom. The number of carbonyl (C=O) groups is 1. The topological polar surface area (TPSA) is 103 Å². The van der Waals surface area contributed by atoms with E-state index < -0.39 is 5.41 Å². The van der Waals surface area contributed by atoms with E-state index in [1.807, 2.05) is 0 Å². The third kappa shape index (κ3) is 4.60. The van der Waals surface area contributed by atoms with Crippen molar-refractivity contribution in [1.29, 1.82) is 0 Å². The number of nitrogens with zero attached hydrogens (tertiary/aromatic N) is 1. The summed E-state index contributed by atoms with van der Waals surface area (Å²) in [6.07, 6.45) is 2.36. The molecule has 98 valence electrons. The molecule has 0 aromatic heterocycles. The molecule has 0 spiro atoms. The van der Waals surface area contributed by atoms with Crippen molar-refractivity contribution in [3.63, 3.8) is 0 Å². The maximum atomic E-state index is 11.1. The lowest BCUT2D eigenvalue weighted by Crippen LogP contribution is -2.39. The van der Waals surface area contributed by atoms with Gasteiger partial charge in [0.25, 0.3) is 0 Å². The largest absolute Gasteiger partial charge is 0.376 e. The molecule has 5 N–H and O–H groups in total. The number of amides is 1. The molecule has 1 amide bonds. The molecule has 0 bridgehead atoms. The van der Waals surface area contributed by atoms with Crippen LogP contribution in [0.3, 0.4) is 0 Å². The molecule has 6 heteroatoms. The van der Waals surface area contributed by atoms with Gasteiger partial charge >= 0.3 is 0 Å². The standard InChI is InChI=1S/C11H22N4O2/c1-11(2,9(12)16)7-15-10(13)14-6-8-4-3-5-17-8/h8H,3-7H2,1-2H3,(H2,12,16)(H3,13,14,15). The van der Waals surface area contributed by atoms with E-state index in [-0.39, 0.29) is 18.6 Å². The Hall–Kier alpha value is -1.30. The van der Waals surface area contributed by atoms with Gasteiger partial charge in [0.15, 0.2) is 5.96 Å². The monoisotopic (exact) mass is 242 g/mol. The molecule has 1 unspecified atom stereocenters. The first-order chi connectivity index (χ1) is 7.92. The highest BCUT2D eigenvalue weighted by molar-refractivity contribution is 5.81. The minimum absolute atomic E-state index is 0.216. The lowest BCUT2D eigenvalue weighted by Gasteiger charge is -2.18. The molecule has 1 aliphatic rings. The Kier molecular flexibility index (Phi) is 4.74. The van der Waals surface area contributed by atoms with Crippen LogP contribution in [-0.4, -0.2) is 37.7 Å². The fraction of sp³-hybridized carbons (Fsp3) is 0.818. The van der Waals surface area contributed by atoms with E-state index in [4.69, 9.17) is 16.2 Å². The Balaban J connectivity index is 2.31. The van der Waals surface area contributed by atoms with Gasteiger partial charge in [-0.1, -0.05) is 0 Å². The highest BCUT2D eigenvalue weighted by Gasteiger charge is 2.24. The van der Waals surface area contributed by atoms with Crippen LogP contribution in [0.4, 0.5) is 0 Å². The summed E-state index contributed by atoms with van der Waals surface area (Å²) in [6, 6.07) is 0. The van der Waals surface area contributed by atoms with Gasteiger partial charge in [0, 0.05) is 13.2 Å². The van der Waals surface area contributed by atoms with Crippen molar-refractivity contribution < 1.29 is 9.53 Å². The van der Waals surface area contributed by atoms with E-state index in [2.05, 4.69) is 10.3 Å². The SMILES string of the molecule is CC(C)(CN=C(N)NCC1CCCO1)C(N)=O. The van der Waals surface area contributed by atoms with E-state index in [1.54, 1.807) is 13.8 Å². The lowest BCUT2D eigenvalue weighted by molar-refractivity contribution is -0.125. The summed E-state index contributed by atoms with van der Waals surface area (Å²) in [5.41, 5.74) is 10.3. The normalized spacial score (nSPS) is 21.5. The van der Waals surface area contributed by atoms with Crippen LogP contribution in [-0.2, 0) is 9.53 Å². The van der Waals surface area contributed by atoms with Gasteiger partial charge in [-0.25, -0.2) is 0 Å². The minimum atomic E-state index is -0.670. The summed E-state index contributed by atoms with van der Waals surface area (Å²) in [5.74, 6) is -0.0528. The summed E-state index contributed by atoms with van der Waals surface area (Å²) in [7, 11) is 0. The molecule has 0 radical (unpaired) electrons. The Bertz CT molecular complexity index is 296. The first-order valence-electron chi connectivity index (χ1n) is 5.87. The molecule has 1 rings (SSSR count). The predicted octanol–water partition coefficient (Wildman–Crippen LogP) is -0.419. The first-order valence-corrected chi connectivity index (χ1v) is 5.87. The van der Waals surface area contributed by atoms with Crippen LogP contribution in [0.25, 0.3) is 0 Å². The molecular formula is C11H22N4O2. The Labute approximate surface area is 102 Å². The smallest absolute Gasteiger partial charge is 0.224 e. The van der Waals surface area contributed by atoms with Crippen molar-refractivity contribution in [2.45, 2.75) is 32.8 Å². The minimum Gasteiger partial charge on any atom is -0.376 e. The first kappa shape index (κ1) is 13.8. The van der Waals surface area contributed by atoms with Gasteiger partial charge in [-0.05, 0) is 26.7 Å². The quantitative estimate of drug-likeness (QED) is 0.450. The van der Waals surface area contributed by atoms with Crippen LogP contribution in [0.1, 0.15) is 26.7 Å². The highest BCUT2D eigenvalue weighted by Crippen LogP contribution is 2.14. The molecular weight excluding hydrogens is 220 g/mol. The zero-order chi connectivity index (χ0) is 12.9. The van der Waals surface area contributed by atoms with Gasteiger partial charge < -0.3 is 21.5 Å². The number of nitrogens with one attached hydrogen (secondary N) is 1. The van der Waals surface area contributed by atoms with Gasteiger partial charge in [0.1, 0.15) is 0 Å². The van der Waals surface area contributed by atoms with Crippen LogP contribution < -0.4 is 16.8 Å². The van der Waals surface area contributed by atoms with Crippen molar-refractivity contribution in [3.8, 4) is 0 Å². The number of aliphatic imine (C=N–C) groups is 1. The zero-order valence-electron chi connectivity index (χ0n) is 10.5. The van der Waals surface area contributed by atoms with E-state index in [0.717, 1.165) is 19.4 Å². The van der Waals surface area contributed by atoms with E-state index in [1.165, 1.54) is 0 Å². The average molecular weight is 242 g/mol. The Morgan fingerprint density at radius 2 is 2.24 bits per heavy atom. The molecule has 6 nitrogen and oxygen atoms in total. The fourth-order valence-electron chi connectivity index (χ4n) is 1.44. The van der Waals surface area contributed by atoms with Crippen LogP contribution in [0.15, 0.2) is 4.99 Å². The number of rotatable bonds is 5. The lowest BCUT2D eigenvalue weighted by atomic mass is 9.93. The van der Waals surface area contributed by atoms with Gasteiger partial charge in [0.2, 0.25) is 5.91 Å². The van der Waals surface area contributed by atoms with Crippen molar-refractivity contribution in [3.05, 3.63) is 0 Å². The molecule has 0 saturated carbocycles. The number of primary amides is 1. The number of nitrogens with two attached hydrogens (primary N) is 2. The number of hydrogen-bond donors (Lipinski definition) is 3. The zero-order valence-corrected chi connectivity index (χ0v) is 10.5. The fourth-order valence-corrected chi connectivity index (χ4v) is 1.44. The van der Waals surface area contributed by atoms with Gasteiger partial charge in [-0.3, -0.25) is 9.79 Å². The molecule has 17 heavy (non-hydrogen) atoms. The maximum Gasteiger partial charge on any atom is 0.224 e. The van der Waals surface area contributed by atoms with Crippen LogP contribution in [0.5, 0.6) is 0 Å². The third-order valence-corrected chi connectivity index (χ3v) is 2.85. The van der Waals surface area contributed by atoms with E-state index in [9.17, 15) is 4.79 Å². The predicted molar refractivity (Wildman–Crippen MR) is 66.4 cm³/mol. The second kappa shape index (κ2) is 5.86.